The van der Waals surface area contributed by atoms with Crippen molar-refractivity contribution in [2.45, 2.75) is 37.7 Å². The van der Waals surface area contributed by atoms with Gasteiger partial charge in [-0.3, -0.25) is 4.98 Å². The second-order valence-electron chi connectivity index (χ2n) is 7.20. The normalized spacial score (nSPS) is 18.6. The number of hydrogen-bond donors (Lipinski definition) is 1. The lowest BCUT2D eigenvalue weighted by Gasteiger charge is -2.36. The molecule has 1 heterocycles. The number of halogens is 4. The summed E-state index contributed by atoms with van der Waals surface area (Å²) in [5, 5.41) is 14.1. The van der Waals surface area contributed by atoms with Crippen LogP contribution in [0.3, 0.4) is 0 Å². The smallest absolute Gasteiger partial charge is 0.417 e. The number of aromatic nitrogens is 1. The highest BCUT2D eigenvalue weighted by Gasteiger charge is 2.36. The Hall–Kier alpha value is -3.18. The van der Waals surface area contributed by atoms with Crippen LogP contribution in [0, 0.1) is 17.1 Å². The molecular weight excluding hydrogens is 398 g/mol. The van der Waals surface area contributed by atoms with Crippen molar-refractivity contribution in [1.82, 2.24) is 10.3 Å². The maximum absolute atomic E-state index is 14.3. The highest BCUT2D eigenvalue weighted by atomic mass is 19.4. The number of pyridine rings is 1. The molecule has 4 rings (SSSR count). The molecule has 4 nitrogen and oxygen atoms in total. The molecule has 1 saturated carbocycles. The standard InChI is InChI=1S/C22H17F4N3O/c23-20-5-4-13-11-28-7-6-16(13)18(20)12-29-14-8-15(9-14)30-21-3-1-2-19(17(21)10-27)22(24,25)26/h1-7,11,14-15,29H,8-9,12H2/t14-,15-. The molecule has 3 aromatic rings. The molecule has 0 spiro atoms. The summed E-state index contributed by atoms with van der Waals surface area (Å²) in [6.45, 7) is 0.317. The second kappa shape index (κ2) is 7.92. The topological polar surface area (TPSA) is 57.9 Å². The predicted octanol–water partition coefficient (Wildman–Crippen LogP) is 4.96. The van der Waals surface area contributed by atoms with Gasteiger partial charge >= 0.3 is 6.18 Å². The number of alkyl halides is 3. The minimum Gasteiger partial charge on any atom is -0.489 e. The average Bonchev–Trinajstić information content (AvgIpc) is 2.69. The Kier molecular flexibility index (Phi) is 5.31. The van der Waals surface area contributed by atoms with Gasteiger partial charge in [-0.2, -0.15) is 18.4 Å². The Balaban J connectivity index is 1.38. The largest absolute Gasteiger partial charge is 0.489 e. The van der Waals surface area contributed by atoms with E-state index in [2.05, 4.69) is 10.3 Å². The SMILES string of the molecule is N#Cc1c(O[C@H]2C[C@H](NCc3c(F)ccc4cnccc34)C2)cccc1C(F)(F)F. The summed E-state index contributed by atoms with van der Waals surface area (Å²) >= 11 is 0. The molecule has 1 aliphatic rings. The second-order valence-corrected chi connectivity index (χ2v) is 7.20. The molecule has 0 amide bonds. The lowest BCUT2D eigenvalue weighted by atomic mass is 9.88. The minimum absolute atomic E-state index is 0.0443. The lowest BCUT2D eigenvalue weighted by molar-refractivity contribution is -0.138. The Morgan fingerprint density at radius 1 is 1.17 bits per heavy atom. The van der Waals surface area contributed by atoms with Gasteiger partial charge in [0.15, 0.2) is 0 Å². The van der Waals surface area contributed by atoms with Gasteiger partial charge in [0.05, 0.1) is 5.56 Å². The first-order chi connectivity index (χ1) is 14.4. The fraction of sp³-hybridized carbons (Fsp3) is 0.273. The fourth-order valence-corrected chi connectivity index (χ4v) is 3.62. The number of benzene rings is 2. The van der Waals surface area contributed by atoms with Crippen LogP contribution in [0.4, 0.5) is 17.6 Å². The minimum atomic E-state index is -4.62. The Morgan fingerprint density at radius 3 is 2.70 bits per heavy atom. The van der Waals surface area contributed by atoms with E-state index in [1.807, 2.05) is 0 Å². The van der Waals surface area contributed by atoms with Crippen LogP contribution < -0.4 is 10.1 Å². The van der Waals surface area contributed by atoms with Crippen LogP contribution in [0.1, 0.15) is 29.5 Å². The Labute approximate surface area is 170 Å². The zero-order chi connectivity index (χ0) is 21.3. The van der Waals surface area contributed by atoms with E-state index in [9.17, 15) is 17.6 Å². The number of ether oxygens (including phenoxy) is 1. The number of nitrogens with zero attached hydrogens (tertiary/aromatic N) is 2. The number of fused-ring (bicyclic) bond motifs is 1. The zero-order valence-corrected chi connectivity index (χ0v) is 15.7. The van der Waals surface area contributed by atoms with Gasteiger partial charge in [-0.25, -0.2) is 4.39 Å². The number of nitrogens with one attached hydrogen (secondary N) is 1. The fourth-order valence-electron chi connectivity index (χ4n) is 3.62. The van der Waals surface area contributed by atoms with Crippen molar-refractivity contribution in [2.24, 2.45) is 0 Å². The quantitative estimate of drug-likeness (QED) is 0.598. The summed E-state index contributed by atoms with van der Waals surface area (Å²) in [7, 11) is 0. The van der Waals surface area contributed by atoms with Crippen molar-refractivity contribution in [3.63, 3.8) is 0 Å². The zero-order valence-electron chi connectivity index (χ0n) is 15.7. The molecule has 0 saturated heterocycles. The first-order valence-electron chi connectivity index (χ1n) is 9.38. The molecule has 30 heavy (non-hydrogen) atoms. The van der Waals surface area contributed by atoms with Gasteiger partial charge in [0.1, 0.15) is 29.3 Å². The molecule has 1 fully saturated rings. The molecule has 0 radical (unpaired) electrons. The third kappa shape index (κ3) is 3.94. The van der Waals surface area contributed by atoms with Gasteiger partial charge in [-0.05, 0) is 48.6 Å². The van der Waals surface area contributed by atoms with Gasteiger partial charge in [-0.15, -0.1) is 0 Å². The van der Waals surface area contributed by atoms with Crippen LogP contribution >= 0.6 is 0 Å². The van der Waals surface area contributed by atoms with Crippen LogP contribution in [0.5, 0.6) is 5.75 Å². The summed E-state index contributed by atoms with van der Waals surface area (Å²) in [5.41, 5.74) is -0.964. The van der Waals surface area contributed by atoms with Crippen LogP contribution in [0.25, 0.3) is 10.8 Å². The monoisotopic (exact) mass is 415 g/mol. The summed E-state index contributed by atoms with van der Waals surface area (Å²) in [6.07, 6.45) is -0.538. The van der Waals surface area contributed by atoms with Gasteiger partial charge in [-0.1, -0.05) is 6.07 Å². The molecule has 2 aromatic carbocycles. The van der Waals surface area contributed by atoms with E-state index in [4.69, 9.17) is 10.00 Å². The van der Waals surface area contributed by atoms with E-state index < -0.39 is 17.3 Å². The van der Waals surface area contributed by atoms with Crippen molar-refractivity contribution in [3.8, 4) is 11.8 Å². The molecule has 0 unspecified atom stereocenters. The van der Waals surface area contributed by atoms with Crippen molar-refractivity contribution in [2.75, 3.05) is 0 Å². The molecule has 8 heteroatoms. The lowest BCUT2D eigenvalue weighted by Crippen LogP contribution is -2.46. The van der Waals surface area contributed by atoms with Crippen LogP contribution in [-0.2, 0) is 12.7 Å². The summed E-state index contributed by atoms with van der Waals surface area (Å²) in [5.74, 6) is -0.376. The third-order valence-corrected chi connectivity index (χ3v) is 5.27. The first-order valence-corrected chi connectivity index (χ1v) is 9.38. The average molecular weight is 415 g/mol. The maximum Gasteiger partial charge on any atom is 0.417 e. The summed E-state index contributed by atoms with van der Waals surface area (Å²) in [4.78, 5) is 4.04. The van der Waals surface area contributed by atoms with Crippen LogP contribution in [0.2, 0.25) is 0 Å². The van der Waals surface area contributed by atoms with Gasteiger partial charge in [0.25, 0.3) is 0 Å². The first kappa shape index (κ1) is 20.1. The Morgan fingerprint density at radius 2 is 1.97 bits per heavy atom. The summed E-state index contributed by atoms with van der Waals surface area (Å²) < 4.78 is 59.1. The van der Waals surface area contributed by atoms with Crippen LogP contribution in [0.15, 0.2) is 48.8 Å². The van der Waals surface area contributed by atoms with Crippen molar-refractivity contribution in [3.05, 3.63) is 71.3 Å². The van der Waals surface area contributed by atoms with Gasteiger partial charge < -0.3 is 10.1 Å². The van der Waals surface area contributed by atoms with Crippen molar-refractivity contribution >= 4 is 10.8 Å². The molecule has 0 aliphatic heterocycles. The molecule has 1 aromatic heterocycles. The molecular formula is C22H17F4N3O. The van der Waals surface area contributed by atoms with E-state index in [0.29, 0.717) is 24.9 Å². The predicted molar refractivity (Wildman–Crippen MR) is 102 cm³/mol. The van der Waals surface area contributed by atoms with E-state index >= 15 is 0 Å². The van der Waals surface area contributed by atoms with Gasteiger partial charge in [0, 0.05) is 35.9 Å². The molecule has 0 atom stereocenters. The van der Waals surface area contributed by atoms with Crippen LogP contribution in [-0.4, -0.2) is 17.1 Å². The Bertz CT molecular complexity index is 1120. The van der Waals surface area contributed by atoms with E-state index in [1.165, 1.54) is 18.2 Å². The highest BCUT2D eigenvalue weighted by Crippen LogP contribution is 2.37. The molecule has 1 aliphatic carbocycles. The van der Waals surface area contributed by atoms with Gasteiger partial charge in [0.2, 0.25) is 0 Å². The van der Waals surface area contributed by atoms with E-state index in [-0.39, 0.29) is 23.7 Å². The number of hydrogen-bond acceptors (Lipinski definition) is 4. The molecule has 0 bridgehead atoms. The van der Waals surface area contributed by atoms with Crippen molar-refractivity contribution in [1.29, 1.82) is 5.26 Å². The molecule has 154 valence electrons. The number of nitriles is 1. The van der Waals surface area contributed by atoms with E-state index in [1.54, 1.807) is 30.6 Å². The van der Waals surface area contributed by atoms with E-state index in [0.717, 1.165) is 16.8 Å². The summed E-state index contributed by atoms with van der Waals surface area (Å²) in [6, 6.07) is 9.95. The maximum atomic E-state index is 14.3. The highest BCUT2D eigenvalue weighted by molar-refractivity contribution is 5.84. The molecule has 1 N–H and O–H groups in total. The third-order valence-electron chi connectivity index (χ3n) is 5.27. The number of rotatable bonds is 5. The van der Waals surface area contributed by atoms with Crippen molar-refractivity contribution < 1.29 is 22.3 Å².